The van der Waals surface area contributed by atoms with Crippen LogP contribution >= 0.6 is 11.6 Å². The van der Waals surface area contributed by atoms with E-state index < -0.39 is 5.97 Å². The molecule has 0 atom stereocenters. The van der Waals surface area contributed by atoms with Gasteiger partial charge in [0.25, 0.3) is 0 Å². The van der Waals surface area contributed by atoms with Gasteiger partial charge in [-0.15, -0.1) is 0 Å². The standard InChI is InChI=1S/C14H13ClN2O3/c1-8-3-4-11(9(2)5-8)20-7-12-16-6-10(15)13(17-12)14(18)19/h3-6H,7H2,1-2H3,(H,18,19). The second-order valence-corrected chi connectivity index (χ2v) is 4.75. The van der Waals surface area contributed by atoms with Gasteiger partial charge in [0.05, 0.1) is 11.2 Å². The van der Waals surface area contributed by atoms with Gasteiger partial charge in [0, 0.05) is 0 Å². The molecule has 0 aliphatic heterocycles. The van der Waals surface area contributed by atoms with Crippen molar-refractivity contribution in [2.45, 2.75) is 20.5 Å². The van der Waals surface area contributed by atoms with Crippen LogP contribution in [0.25, 0.3) is 0 Å². The van der Waals surface area contributed by atoms with E-state index in [1.54, 1.807) is 0 Å². The van der Waals surface area contributed by atoms with Gasteiger partial charge >= 0.3 is 5.97 Å². The second kappa shape index (κ2) is 5.88. The van der Waals surface area contributed by atoms with Gasteiger partial charge in [-0.2, -0.15) is 0 Å². The van der Waals surface area contributed by atoms with Gasteiger partial charge in [-0.3, -0.25) is 0 Å². The molecule has 0 radical (unpaired) electrons. The molecule has 0 bridgehead atoms. The van der Waals surface area contributed by atoms with Crippen molar-refractivity contribution in [1.29, 1.82) is 0 Å². The summed E-state index contributed by atoms with van der Waals surface area (Å²) in [5.41, 5.74) is 1.92. The van der Waals surface area contributed by atoms with Crippen LogP contribution in [-0.2, 0) is 6.61 Å². The molecule has 0 spiro atoms. The Kier molecular flexibility index (Phi) is 4.20. The first-order valence-electron chi connectivity index (χ1n) is 5.92. The average molecular weight is 293 g/mol. The SMILES string of the molecule is Cc1ccc(OCc2ncc(Cl)c(C(=O)O)n2)c(C)c1. The highest BCUT2D eigenvalue weighted by Crippen LogP contribution is 2.20. The van der Waals surface area contributed by atoms with Crippen molar-refractivity contribution in [1.82, 2.24) is 9.97 Å². The predicted octanol–water partition coefficient (Wildman–Crippen LogP) is 3.02. The van der Waals surface area contributed by atoms with Gasteiger partial charge in [-0.25, -0.2) is 14.8 Å². The minimum atomic E-state index is -1.19. The Balaban J connectivity index is 2.15. The number of nitrogens with zero attached hydrogens (tertiary/aromatic N) is 2. The van der Waals surface area contributed by atoms with Crippen LogP contribution < -0.4 is 4.74 Å². The summed E-state index contributed by atoms with van der Waals surface area (Å²) in [7, 11) is 0. The molecule has 1 heterocycles. The smallest absolute Gasteiger partial charge is 0.356 e. The van der Waals surface area contributed by atoms with E-state index in [2.05, 4.69) is 9.97 Å². The topological polar surface area (TPSA) is 72.3 Å². The molecule has 1 aromatic carbocycles. The van der Waals surface area contributed by atoms with Crippen molar-refractivity contribution in [2.75, 3.05) is 0 Å². The molecule has 5 nitrogen and oxygen atoms in total. The van der Waals surface area contributed by atoms with Crippen molar-refractivity contribution in [3.8, 4) is 5.75 Å². The fourth-order valence-corrected chi connectivity index (χ4v) is 1.90. The Hall–Kier alpha value is -2.14. The van der Waals surface area contributed by atoms with E-state index in [1.807, 2.05) is 32.0 Å². The van der Waals surface area contributed by atoms with Crippen LogP contribution in [0.2, 0.25) is 5.02 Å². The molecule has 1 N–H and O–H groups in total. The quantitative estimate of drug-likeness (QED) is 0.938. The van der Waals surface area contributed by atoms with Crippen molar-refractivity contribution >= 4 is 17.6 Å². The lowest BCUT2D eigenvalue weighted by molar-refractivity contribution is 0.0689. The molecule has 0 unspecified atom stereocenters. The number of carboxylic acid groups (broad SMARTS) is 1. The molecule has 2 aromatic rings. The molecule has 104 valence electrons. The molecule has 6 heteroatoms. The monoisotopic (exact) mass is 292 g/mol. The van der Waals surface area contributed by atoms with E-state index in [4.69, 9.17) is 21.4 Å². The van der Waals surface area contributed by atoms with E-state index in [0.29, 0.717) is 5.75 Å². The van der Waals surface area contributed by atoms with Gasteiger partial charge < -0.3 is 9.84 Å². The first-order valence-corrected chi connectivity index (χ1v) is 6.30. The molecule has 1 aromatic heterocycles. The summed E-state index contributed by atoms with van der Waals surface area (Å²) < 4.78 is 5.59. The zero-order chi connectivity index (χ0) is 14.7. The van der Waals surface area contributed by atoms with E-state index in [1.165, 1.54) is 6.20 Å². The number of halogens is 1. The van der Waals surface area contributed by atoms with Crippen LogP contribution in [0.5, 0.6) is 5.75 Å². The molecule has 0 aliphatic rings. The summed E-state index contributed by atoms with van der Waals surface area (Å²) in [5.74, 6) is -0.206. The van der Waals surface area contributed by atoms with Crippen molar-refractivity contribution < 1.29 is 14.6 Å². The number of carbonyl (C=O) groups is 1. The summed E-state index contributed by atoms with van der Waals surface area (Å²) in [4.78, 5) is 18.7. The number of hydrogen-bond donors (Lipinski definition) is 1. The van der Waals surface area contributed by atoms with Crippen molar-refractivity contribution in [3.63, 3.8) is 0 Å². The van der Waals surface area contributed by atoms with E-state index in [9.17, 15) is 4.79 Å². The summed E-state index contributed by atoms with van der Waals surface area (Å²) in [6, 6.07) is 5.80. The Bertz CT molecular complexity index is 659. The van der Waals surface area contributed by atoms with Crippen molar-refractivity contribution in [2.24, 2.45) is 0 Å². The third-order valence-electron chi connectivity index (χ3n) is 2.68. The number of aromatic carboxylic acids is 1. The van der Waals surface area contributed by atoms with Crippen LogP contribution in [0, 0.1) is 13.8 Å². The molecule has 0 saturated heterocycles. The lowest BCUT2D eigenvalue weighted by Crippen LogP contribution is -2.08. The molecule has 2 rings (SSSR count). The van der Waals surface area contributed by atoms with Crippen LogP contribution in [-0.4, -0.2) is 21.0 Å². The van der Waals surface area contributed by atoms with Crippen LogP contribution in [0.3, 0.4) is 0 Å². The Morgan fingerprint density at radius 3 is 2.80 bits per heavy atom. The highest BCUT2D eigenvalue weighted by atomic mass is 35.5. The molecule has 0 fully saturated rings. The van der Waals surface area contributed by atoms with Crippen molar-refractivity contribution in [3.05, 3.63) is 52.1 Å². The number of carboxylic acids is 1. The van der Waals surface area contributed by atoms with Gasteiger partial charge in [-0.1, -0.05) is 29.3 Å². The molecule has 0 amide bonds. The summed E-state index contributed by atoms with van der Waals surface area (Å²) in [5, 5.41) is 8.94. The Labute approximate surface area is 121 Å². The molecule has 20 heavy (non-hydrogen) atoms. The normalized spacial score (nSPS) is 10.3. The summed E-state index contributed by atoms with van der Waals surface area (Å²) in [6.45, 7) is 4.02. The fraction of sp³-hybridized carbons (Fsp3) is 0.214. The average Bonchev–Trinajstić information content (AvgIpc) is 2.39. The first-order chi connectivity index (χ1) is 9.47. The maximum Gasteiger partial charge on any atom is 0.356 e. The maximum absolute atomic E-state index is 10.9. The largest absolute Gasteiger partial charge is 0.485 e. The second-order valence-electron chi connectivity index (χ2n) is 4.35. The molecular formula is C14H13ClN2O3. The van der Waals surface area contributed by atoms with E-state index in [0.717, 1.165) is 11.1 Å². The lowest BCUT2D eigenvalue weighted by Gasteiger charge is -2.09. The summed E-state index contributed by atoms with van der Waals surface area (Å²) >= 11 is 5.70. The van der Waals surface area contributed by atoms with Gasteiger partial charge in [0.15, 0.2) is 11.5 Å². The highest BCUT2D eigenvalue weighted by molar-refractivity contribution is 6.33. The fourth-order valence-electron chi connectivity index (χ4n) is 1.73. The minimum absolute atomic E-state index is 0.00719. The minimum Gasteiger partial charge on any atom is -0.485 e. The third kappa shape index (κ3) is 3.24. The number of aromatic nitrogens is 2. The zero-order valence-corrected chi connectivity index (χ0v) is 11.8. The lowest BCUT2D eigenvalue weighted by atomic mass is 10.1. The van der Waals surface area contributed by atoms with E-state index in [-0.39, 0.29) is 23.1 Å². The third-order valence-corrected chi connectivity index (χ3v) is 2.96. The van der Waals surface area contributed by atoms with Gasteiger partial charge in [0.1, 0.15) is 12.4 Å². The number of ether oxygens (including phenoxy) is 1. The number of rotatable bonds is 4. The Morgan fingerprint density at radius 1 is 1.40 bits per heavy atom. The van der Waals surface area contributed by atoms with Gasteiger partial charge in [0.2, 0.25) is 0 Å². The number of aryl methyl sites for hydroxylation is 2. The van der Waals surface area contributed by atoms with Crippen LogP contribution in [0.4, 0.5) is 0 Å². The molecule has 0 aliphatic carbocycles. The Morgan fingerprint density at radius 2 is 2.15 bits per heavy atom. The molecular weight excluding hydrogens is 280 g/mol. The first kappa shape index (κ1) is 14.3. The zero-order valence-electron chi connectivity index (χ0n) is 11.1. The molecule has 0 saturated carbocycles. The highest BCUT2D eigenvalue weighted by Gasteiger charge is 2.13. The van der Waals surface area contributed by atoms with Crippen LogP contribution in [0.15, 0.2) is 24.4 Å². The van der Waals surface area contributed by atoms with Crippen LogP contribution in [0.1, 0.15) is 27.4 Å². The van der Waals surface area contributed by atoms with E-state index >= 15 is 0 Å². The number of benzene rings is 1. The maximum atomic E-state index is 10.9. The summed E-state index contributed by atoms with van der Waals surface area (Å²) in [6.07, 6.45) is 1.26. The predicted molar refractivity (Wildman–Crippen MR) is 74.2 cm³/mol. The number of hydrogen-bond acceptors (Lipinski definition) is 4. The van der Waals surface area contributed by atoms with Gasteiger partial charge in [-0.05, 0) is 25.5 Å².